The minimum absolute atomic E-state index is 0.149. The van der Waals surface area contributed by atoms with Crippen molar-refractivity contribution >= 4 is 11.9 Å². The van der Waals surface area contributed by atoms with E-state index in [-0.39, 0.29) is 24.9 Å². The van der Waals surface area contributed by atoms with E-state index in [1.54, 1.807) is 0 Å². The zero-order chi connectivity index (χ0) is 10.9. The summed E-state index contributed by atoms with van der Waals surface area (Å²) in [6.45, 7) is 5.76. The van der Waals surface area contributed by atoms with Crippen molar-refractivity contribution in [2.75, 3.05) is 13.1 Å². The second-order valence-electron chi connectivity index (χ2n) is 4.03. The number of aliphatic carboxylic acids is 1. The third kappa shape index (κ3) is 1.72. The number of nitrogens with zero attached hydrogens (tertiary/aromatic N) is 1. The fourth-order valence-corrected chi connectivity index (χ4v) is 1.61. The molecule has 0 aliphatic carbocycles. The number of carbonyl (C=O) groups is 2. The molecule has 1 aliphatic heterocycles. The molecule has 0 spiro atoms. The van der Waals surface area contributed by atoms with Crippen LogP contribution in [0.2, 0.25) is 0 Å². The first-order valence-electron chi connectivity index (χ1n) is 4.65. The van der Waals surface area contributed by atoms with Gasteiger partial charge in [-0.05, 0) is 12.8 Å². The third-order valence-corrected chi connectivity index (χ3v) is 2.88. The Labute approximate surface area is 83.1 Å². The normalized spacial score (nSPS) is 27.4. The summed E-state index contributed by atoms with van der Waals surface area (Å²) in [5.41, 5.74) is -0.532. The van der Waals surface area contributed by atoms with Gasteiger partial charge in [0.1, 0.15) is 6.54 Å². The first-order valence-corrected chi connectivity index (χ1v) is 4.65. The molecule has 1 rings (SSSR count). The number of nitrogens with one attached hydrogen (secondary N) is 1. The van der Waals surface area contributed by atoms with Gasteiger partial charge in [0.05, 0.1) is 12.2 Å². The largest absolute Gasteiger partial charge is 0.480 e. The summed E-state index contributed by atoms with van der Waals surface area (Å²) >= 11 is 0. The van der Waals surface area contributed by atoms with Crippen molar-refractivity contribution in [3.63, 3.8) is 0 Å². The van der Waals surface area contributed by atoms with Crippen molar-refractivity contribution in [2.24, 2.45) is 5.92 Å². The fraction of sp³-hybridized carbons (Fsp3) is 0.778. The average Bonchev–Trinajstić information content (AvgIpc) is 2.33. The Morgan fingerprint density at radius 3 is 2.71 bits per heavy atom. The highest BCUT2D eigenvalue weighted by Crippen LogP contribution is 2.25. The molecule has 1 saturated heterocycles. The summed E-state index contributed by atoms with van der Waals surface area (Å²) in [7, 11) is 0. The summed E-state index contributed by atoms with van der Waals surface area (Å²) < 4.78 is 0. The summed E-state index contributed by atoms with van der Waals surface area (Å²) in [5, 5.41) is 11.7. The van der Waals surface area contributed by atoms with Gasteiger partial charge in [0.25, 0.3) is 0 Å². The lowest BCUT2D eigenvalue weighted by Gasteiger charge is -2.37. The number of hydrogen-bond acceptors (Lipinski definition) is 3. The molecular formula is C9H16N2O3. The maximum atomic E-state index is 11.4. The molecule has 1 heterocycles. The van der Waals surface area contributed by atoms with Crippen LogP contribution in [-0.2, 0) is 9.59 Å². The quantitative estimate of drug-likeness (QED) is 0.666. The zero-order valence-electron chi connectivity index (χ0n) is 8.70. The summed E-state index contributed by atoms with van der Waals surface area (Å²) in [4.78, 5) is 23.4. The molecule has 80 valence electrons. The van der Waals surface area contributed by atoms with E-state index in [4.69, 9.17) is 5.11 Å². The van der Waals surface area contributed by atoms with E-state index >= 15 is 0 Å². The van der Waals surface area contributed by atoms with Gasteiger partial charge < -0.3 is 10.0 Å². The van der Waals surface area contributed by atoms with Gasteiger partial charge in [-0.15, -0.1) is 0 Å². The van der Waals surface area contributed by atoms with E-state index < -0.39 is 11.6 Å². The Morgan fingerprint density at radius 1 is 1.71 bits per heavy atom. The van der Waals surface area contributed by atoms with Gasteiger partial charge in [-0.1, -0.05) is 13.8 Å². The topological polar surface area (TPSA) is 69.6 Å². The number of carboxylic acid groups (broad SMARTS) is 1. The summed E-state index contributed by atoms with van der Waals surface area (Å²) in [6.07, 6.45) is 0. The highest BCUT2D eigenvalue weighted by Gasteiger charge is 2.44. The molecule has 0 aromatic rings. The van der Waals surface area contributed by atoms with Crippen LogP contribution in [0.4, 0.5) is 0 Å². The van der Waals surface area contributed by atoms with Crippen LogP contribution in [0.25, 0.3) is 0 Å². The molecule has 1 unspecified atom stereocenters. The van der Waals surface area contributed by atoms with Crippen LogP contribution in [0.1, 0.15) is 20.8 Å². The van der Waals surface area contributed by atoms with Gasteiger partial charge in [0.15, 0.2) is 0 Å². The molecule has 1 aliphatic rings. The van der Waals surface area contributed by atoms with Crippen molar-refractivity contribution in [1.82, 2.24) is 10.2 Å². The molecule has 0 aromatic heterocycles. The summed E-state index contributed by atoms with van der Waals surface area (Å²) in [5.74, 6) is -0.953. The number of amides is 1. The van der Waals surface area contributed by atoms with Gasteiger partial charge in [-0.3, -0.25) is 14.9 Å². The molecule has 2 N–H and O–H groups in total. The van der Waals surface area contributed by atoms with Crippen LogP contribution in [0, 0.1) is 5.92 Å². The molecule has 5 heteroatoms. The first kappa shape index (κ1) is 11.0. The number of rotatable bonds is 3. The van der Waals surface area contributed by atoms with Gasteiger partial charge in [0.2, 0.25) is 5.91 Å². The van der Waals surface area contributed by atoms with Crippen LogP contribution < -0.4 is 5.32 Å². The highest BCUT2D eigenvalue weighted by molar-refractivity contribution is 5.85. The van der Waals surface area contributed by atoms with E-state index in [0.29, 0.717) is 0 Å². The van der Waals surface area contributed by atoms with Crippen LogP contribution in [0.15, 0.2) is 0 Å². The lowest BCUT2D eigenvalue weighted by Crippen LogP contribution is -2.55. The number of carbonyl (C=O) groups excluding carboxylic acids is 1. The Balaban J connectivity index is 2.86. The van der Waals surface area contributed by atoms with E-state index in [0.717, 1.165) is 0 Å². The van der Waals surface area contributed by atoms with Gasteiger partial charge >= 0.3 is 5.97 Å². The average molecular weight is 200 g/mol. The first-order chi connectivity index (χ1) is 6.38. The smallest absolute Gasteiger partial charge is 0.323 e. The molecule has 14 heavy (non-hydrogen) atoms. The van der Waals surface area contributed by atoms with Gasteiger partial charge in [-0.2, -0.15) is 0 Å². The van der Waals surface area contributed by atoms with Crippen molar-refractivity contribution in [3.8, 4) is 0 Å². The van der Waals surface area contributed by atoms with Crippen molar-refractivity contribution < 1.29 is 14.7 Å². The van der Waals surface area contributed by atoms with Crippen molar-refractivity contribution in [3.05, 3.63) is 0 Å². The SMILES string of the molecule is CC(C)C1(C)NCC(=O)N1CC(=O)O. The van der Waals surface area contributed by atoms with E-state index in [2.05, 4.69) is 5.32 Å². The maximum absolute atomic E-state index is 11.4. The Kier molecular flexibility index (Phi) is 2.80. The Bertz CT molecular complexity index is 265. The standard InChI is InChI=1S/C9H16N2O3/c1-6(2)9(3)10-4-7(12)11(9)5-8(13)14/h6,10H,4-5H2,1-3H3,(H,13,14). The zero-order valence-corrected chi connectivity index (χ0v) is 8.70. The second kappa shape index (κ2) is 3.57. The number of carboxylic acids is 1. The highest BCUT2D eigenvalue weighted by atomic mass is 16.4. The molecule has 0 saturated carbocycles. The Hall–Kier alpha value is -1.10. The molecule has 1 amide bonds. The molecular weight excluding hydrogens is 184 g/mol. The van der Waals surface area contributed by atoms with Gasteiger partial charge in [-0.25, -0.2) is 0 Å². The summed E-state index contributed by atoms with van der Waals surface area (Å²) in [6, 6.07) is 0. The molecule has 0 aromatic carbocycles. The van der Waals surface area contributed by atoms with E-state index in [1.165, 1.54) is 4.90 Å². The van der Waals surface area contributed by atoms with Gasteiger partial charge in [0, 0.05) is 0 Å². The third-order valence-electron chi connectivity index (χ3n) is 2.88. The van der Waals surface area contributed by atoms with Crippen LogP contribution in [-0.4, -0.2) is 40.6 Å². The van der Waals surface area contributed by atoms with Crippen LogP contribution >= 0.6 is 0 Å². The fourth-order valence-electron chi connectivity index (χ4n) is 1.61. The van der Waals surface area contributed by atoms with E-state index in [9.17, 15) is 9.59 Å². The number of hydrogen-bond donors (Lipinski definition) is 2. The molecule has 0 radical (unpaired) electrons. The van der Waals surface area contributed by atoms with E-state index in [1.807, 2.05) is 20.8 Å². The monoisotopic (exact) mass is 200 g/mol. The second-order valence-corrected chi connectivity index (χ2v) is 4.03. The molecule has 1 fully saturated rings. The lowest BCUT2D eigenvalue weighted by molar-refractivity contribution is -0.146. The molecule has 1 atom stereocenters. The lowest BCUT2D eigenvalue weighted by atomic mass is 9.97. The minimum atomic E-state index is -0.978. The minimum Gasteiger partial charge on any atom is -0.480 e. The van der Waals surface area contributed by atoms with Crippen LogP contribution in [0.5, 0.6) is 0 Å². The van der Waals surface area contributed by atoms with Crippen molar-refractivity contribution in [2.45, 2.75) is 26.4 Å². The molecule has 0 bridgehead atoms. The maximum Gasteiger partial charge on any atom is 0.323 e. The molecule has 5 nitrogen and oxygen atoms in total. The predicted octanol–water partition coefficient (Wildman–Crippen LogP) is -0.125. The van der Waals surface area contributed by atoms with Crippen LogP contribution in [0.3, 0.4) is 0 Å². The predicted molar refractivity (Wildman–Crippen MR) is 50.6 cm³/mol. The Morgan fingerprint density at radius 2 is 2.29 bits per heavy atom. The van der Waals surface area contributed by atoms with Crippen molar-refractivity contribution in [1.29, 1.82) is 0 Å².